The summed E-state index contributed by atoms with van der Waals surface area (Å²) >= 11 is 0. The van der Waals surface area contributed by atoms with Crippen molar-refractivity contribution in [2.24, 2.45) is 0 Å². The predicted octanol–water partition coefficient (Wildman–Crippen LogP) is 3.32. The molecule has 0 aliphatic carbocycles. The van der Waals surface area contributed by atoms with Crippen LogP contribution in [0, 0.1) is 5.82 Å². The van der Waals surface area contributed by atoms with Crippen molar-refractivity contribution in [3.8, 4) is 0 Å². The number of hydrogen-bond acceptors (Lipinski definition) is 4. The lowest BCUT2D eigenvalue weighted by Crippen LogP contribution is -2.48. The van der Waals surface area contributed by atoms with Crippen LogP contribution < -0.4 is 15.6 Å². The van der Waals surface area contributed by atoms with Gasteiger partial charge in [0.2, 0.25) is 11.3 Å². The molecule has 0 spiro atoms. The van der Waals surface area contributed by atoms with Crippen LogP contribution in [0.15, 0.2) is 53.5 Å². The highest BCUT2D eigenvalue weighted by molar-refractivity contribution is 5.98. The third-order valence-electron chi connectivity index (χ3n) is 6.45. The third kappa shape index (κ3) is 4.53. The van der Waals surface area contributed by atoms with Crippen LogP contribution in [0.3, 0.4) is 0 Å². The zero-order chi connectivity index (χ0) is 24.4. The van der Waals surface area contributed by atoms with Crippen molar-refractivity contribution < 1.29 is 14.0 Å². The maximum atomic E-state index is 15.2. The summed E-state index contributed by atoms with van der Waals surface area (Å²) in [6, 6.07) is 12.1. The average Bonchev–Trinajstić information content (AvgIpc) is 2.84. The molecule has 34 heavy (non-hydrogen) atoms. The molecule has 1 aliphatic rings. The Morgan fingerprint density at radius 1 is 1.09 bits per heavy atom. The van der Waals surface area contributed by atoms with Gasteiger partial charge in [0.05, 0.1) is 17.2 Å². The summed E-state index contributed by atoms with van der Waals surface area (Å²) in [6.45, 7) is 7.86. The minimum absolute atomic E-state index is 0.00541. The van der Waals surface area contributed by atoms with E-state index in [1.807, 2.05) is 49.1 Å². The Kier molecular flexibility index (Phi) is 6.68. The minimum Gasteiger partial charge on any atom is -0.366 e. The number of benzene rings is 2. The number of nitrogens with zero attached hydrogens (tertiary/aromatic N) is 3. The lowest BCUT2D eigenvalue weighted by atomic mass is 10.1. The minimum atomic E-state index is -0.515. The number of hydrogen-bond donors (Lipinski definition) is 1. The Hall–Kier alpha value is -3.68. The number of nitrogens with one attached hydrogen (secondary N) is 1. The Morgan fingerprint density at radius 2 is 1.76 bits per heavy atom. The van der Waals surface area contributed by atoms with Crippen LogP contribution in [0.25, 0.3) is 10.9 Å². The van der Waals surface area contributed by atoms with Gasteiger partial charge < -0.3 is 19.7 Å². The van der Waals surface area contributed by atoms with Gasteiger partial charge in [0.15, 0.2) is 0 Å². The molecule has 1 saturated heterocycles. The third-order valence-corrected chi connectivity index (χ3v) is 6.45. The topological polar surface area (TPSA) is 74.7 Å². The molecule has 4 rings (SSSR count). The second kappa shape index (κ2) is 9.67. The van der Waals surface area contributed by atoms with Gasteiger partial charge >= 0.3 is 0 Å². The largest absolute Gasteiger partial charge is 0.366 e. The number of fused-ring (bicyclic) bond motifs is 1. The summed E-state index contributed by atoms with van der Waals surface area (Å²) in [5.41, 5.74) is 1.38. The quantitative estimate of drug-likeness (QED) is 0.629. The number of aromatic nitrogens is 1. The summed E-state index contributed by atoms with van der Waals surface area (Å²) in [6.07, 6.45) is 1.55. The number of carbonyl (C=O) groups is 2. The van der Waals surface area contributed by atoms with Crippen LogP contribution in [0.5, 0.6) is 0 Å². The fourth-order valence-corrected chi connectivity index (χ4v) is 4.43. The summed E-state index contributed by atoms with van der Waals surface area (Å²) in [5, 5.41) is 3.05. The number of halogens is 1. The molecule has 0 saturated carbocycles. The lowest BCUT2D eigenvalue weighted by molar-refractivity contribution is -0.129. The number of aryl methyl sites for hydroxylation is 1. The summed E-state index contributed by atoms with van der Waals surface area (Å²) < 4.78 is 17.0. The highest BCUT2D eigenvalue weighted by Crippen LogP contribution is 2.26. The number of pyridine rings is 1. The molecule has 2 amide bonds. The van der Waals surface area contributed by atoms with Gasteiger partial charge in [-0.05, 0) is 31.5 Å². The van der Waals surface area contributed by atoms with Gasteiger partial charge in [-0.25, -0.2) is 4.39 Å². The van der Waals surface area contributed by atoms with Crippen LogP contribution in [0.4, 0.5) is 10.1 Å². The molecule has 0 radical (unpaired) electrons. The monoisotopic (exact) mass is 464 g/mol. The average molecular weight is 465 g/mol. The van der Waals surface area contributed by atoms with Gasteiger partial charge in [0.25, 0.3) is 5.91 Å². The van der Waals surface area contributed by atoms with E-state index in [2.05, 4.69) is 5.32 Å². The van der Waals surface area contributed by atoms with E-state index in [-0.39, 0.29) is 22.9 Å². The second-order valence-electron chi connectivity index (χ2n) is 8.58. The predicted molar refractivity (Wildman–Crippen MR) is 131 cm³/mol. The first-order valence-corrected chi connectivity index (χ1v) is 11.5. The number of carbonyl (C=O) groups excluding carboxylic acids is 2. The van der Waals surface area contributed by atoms with Crippen LogP contribution in [0.1, 0.15) is 42.7 Å². The van der Waals surface area contributed by atoms with E-state index in [9.17, 15) is 14.4 Å². The first-order valence-electron chi connectivity index (χ1n) is 11.5. The second-order valence-corrected chi connectivity index (χ2v) is 8.58. The van der Waals surface area contributed by atoms with Gasteiger partial charge in [-0.1, -0.05) is 30.3 Å². The van der Waals surface area contributed by atoms with Gasteiger partial charge in [-0.3, -0.25) is 14.4 Å². The Labute approximate surface area is 197 Å². The van der Waals surface area contributed by atoms with Gasteiger partial charge in [0, 0.05) is 51.2 Å². The fraction of sp³-hybridized carbons (Fsp3) is 0.346. The van der Waals surface area contributed by atoms with E-state index in [0.29, 0.717) is 43.9 Å². The van der Waals surface area contributed by atoms with Crippen molar-refractivity contribution in [2.75, 3.05) is 31.1 Å². The zero-order valence-corrected chi connectivity index (χ0v) is 19.7. The van der Waals surface area contributed by atoms with Crippen LogP contribution in [-0.2, 0) is 11.3 Å². The molecule has 2 aromatic carbocycles. The fourth-order valence-electron chi connectivity index (χ4n) is 4.43. The Balaban J connectivity index is 1.67. The number of anilines is 1. The Bertz CT molecular complexity index is 1280. The van der Waals surface area contributed by atoms with Crippen molar-refractivity contribution >= 4 is 28.4 Å². The van der Waals surface area contributed by atoms with Gasteiger partial charge in [-0.15, -0.1) is 0 Å². The number of amides is 2. The molecule has 2 heterocycles. The van der Waals surface area contributed by atoms with Crippen LogP contribution >= 0.6 is 0 Å². The van der Waals surface area contributed by atoms with Gasteiger partial charge in [-0.2, -0.15) is 0 Å². The maximum absolute atomic E-state index is 15.2. The molecule has 1 atom stereocenters. The highest BCUT2D eigenvalue weighted by atomic mass is 19.1. The van der Waals surface area contributed by atoms with E-state index in [1.165, 1.54) is 13.0 Å². The summed E-state index contributed by atoms with van der Waals surface area (Å²) in [4.78, 5) is 41.4. The zero-order valence-electron chi connectivity index (χ0n) is 19.7. The molecular formula is C26H29FN4O3. The molecule has 178 valence electrons. The normalized spacial score (nSPS) is 14.8. The van der Waals surface area contributed by atoms with Crippen molar-refractivity contribution in [1.29, 1.82) is 0 Å². The van der Waals surface area contributed by atoms with Crippen molar-refractivity contribution in [2.45, 2.75) is 33.4 Å². The molecule has 3 aromatic rings. The lowest BCUT2D eigenvalue weighted by Gasteiger charge is -2.36. The molecule has 7 nitrogen and oxygen atoms in total. The van der Waals surface area contributed by atoms with Gasteiger partial charge in [0.1, 0.15) is 11.4 Å². The van der Waals surface area contributed by atoms with E-state index in [1.54, 1.807) is 21.7 Å². The Morgan fingerprint density at radius 3 is 2.38 bits per heavy atom. The molecule has 0 bridgehead atoms. The van der Waals surface area contributed by atoms with Crippen LogP contribution in [0.2, 0.25) is 0 Å². The highest BCUT2D eigenvalue weighted by Gasteiger charge is 2.24. The van der Waals surface area contributed by atoms with Crippen molar-refractivity contribution in [3.05, 3.63) is 75.8 Å². The first kappa shape index (κ1) is 23.5. The molecule has 1 N–H and O–H groups in total. The van der Waals surface area contributed by atoms with E-state index < -0.39 is 17.2 Å². The van der Waals surface area contributed by atoms with Crippen LogP contribution in [-0.4, -0.2) is 47.5 Å². The van der Waals surface area contributed by atoms with Crippen molar-refractivity contribution in [1.82, 2.24) is 14.8 Å². The summed E-state index contributed by atoms with van der Waals surface area (Å²) in [7, 11) is 0. The molecule has 1 aliphatic heterocycles. The number of rotatable bonds is 5. The first-order chi connectivity index (χ1) is 16.3. The number of piperazine rings is 1. The molecule has 0 unspecified atom stereocenters. The van der Waals surface area contributed by atoms with E-state index in [4.69, 9.17) is 0 Å². The molecule has 1 fully saturated rings. The standard InChI is InChI=1S/C26H29FN4O3/c1-4-29-16-21(26(34)28-17(2)19-8-6-5-7-9-19)25(33)20-14-22(27)24(15-23(20)29)31-12-10-30(11-13-31)18(3)32/h5-9,14-17H,4,10-13H2,1-3H3,(H,28,34)/t17-/m0/s1. The van der Waals surface area contributed by atoms with E-state index in [0.717, 1.165) is 5.56 Å². The molecule has 1 aromatic heterocycles. The van der Waals surface area contributed by atoms with E-state index >= 15 is 4.39 Å². The SMILES string of the molecule is CCn1cc(C(=O)N[C@@H](C)c2ccccc2)c(=O)c2cc(F)c(N3CCN(C(C)=O)CC3)cc21. The smallest absolute Gasteiger partial charge is 0.257 e. The van der Waals surface area contributed by atoms with Crippen molar-refractivity contribution in [3.63, 3.8) is 0 Å². The molecular weight excluding hydrogens is 435 g/mol. The maximum Gasteiger partial charge on any atom is 0.257 e. The summed E-state index contributed by atoms with van der Waals surface area (Å²) in [5.74, 6) is -1.00. The molecule has 8 heteroatoms.